The zero-order chi connectivity index (χ0) is 30.7. The van der Waals surface area contributed by atoms with Gasteiger partial charge in [0.1, 0.15) is 12.1 Å². The third kappa shape index (κ3) is 9.19. The first-order valence-electron chi connectivity index (χ1n) is 12.3. The molecule has 41 heavy (non-hydrogen) atoms. The maximum Gasteiger partial charge on any atom is 0.326 e. The largest absolute Gasteiger partial charge is 0.493 e. The molecule has 15 nitrogen and oxygen atoms in total. The van der Waals surface area contributed by atoms with Gasteiger partial charge in [0.15, 0.2) is 11.5 Å². The Hall–Kier alpha value is -5.21. The number of aliphatic carboxylic acids is 1. The molecule has 2 aromatic carbocycles. The third-order valence-electron chi connectivity index (χ3n) is 5.89. The zero-order valence-corrected chi connectivity index (χ0v) is 22.6. The van der Waals surface area contributed by atoms with Crippen molar-refractivity contribution >= 4 is 41.0 Å². The van der Waals surface area contributed by atoms with Gasteiger partial charge in [-0.25, -0.2) is 4.79 Å². The monoisotopic (exact) mass is 573 g/mol. The van der Waals surface area contributed by atoms with Gasteiger partial charge in [-0.1, -0.05) is 18.2 Å². The maximum absolute atomic E-state index is 13.2. The molecule has 2 atom stereocenters. The van der Waals surface area contributed by atoms with Gasteiger partial charge in [0, 0.05) is 30.5 Å². The smallest absolute Gasteiger partial charge is 0.326 e. The SMILES string of the molecule is COc1cc(NC(=O)CCc2ccccc2[N+](=O)[O-])c(C(=O)N[C@H](C)C(=O)N[C@@H](CCC(N)=O)C(=O)O)cc1OC. The van der Waals surface area contributed by atoms with E-state index >= 15 is 0 Å². The van der Waals surface area contributed by atoms with Crippen molar-refractivity contribution < 1.29 is 43.5 Å². The summed E-state index contributed by atoms with van der Waals surface area (Å²) in [6.07, 6.45) is -0.615. The van der Waals surface area contributed by atoms with Gasteiger partial charge in [-0.15, -0.1) is 0 Å². The van der Waals surface area contributed by atoms with E-state index in [-0.39, 0.29) is 54.1 Å². The Labute approximate surface area is 234 Å². The molecule has 0 spiro atoms. The van der Waals surface area contributed by atoms with Crippen LogP contribution in [0.5, 0.6) is 11.5 Å². The lowest BCUT2D eigenvalue weighted by Crippen LogP contribution is -2.50. The molecule has 4 amide bonds. The number of nitrogens with zero attached hydrogens (tertiary/aromatic N) is 1. The highest BCUT2D eigenvalue weighted by Crippen LogP contribution is 2.33. The lowest BCUT2D eigenvalue weighted by Gasteiger charge is -2.20. The number of anilines is 1. The summed E-state index contributed by atoms with van der Waals surface area (Å²) in [7, 11) is 2.68. The van der Waals surface area contributed by atoms with Crippen molar-refractivity contribution in [3.63, 3.8) is 0 Å². The third-order valence-corrected chi connectivity index (χ3v) is 5.89. The molecular weight excluding hydrogens is 542 g/mol. The van der Waals surface area contributed by atoms with Crippen molar-refractivity contribution in [3.8, 4) is 11.5 Å². The molecule has 6 N–H and O–H groups in total. The van der Waals surface area contributed by atoms with E-state index in [1.165, 1.54) is 51.5 Å². The highest BCUT2D eigenvalue weighted by molar-refractivity contribution is 6.06. The number of benzene rings is 2. The first kappa shape index (κ1) is 32.0. The number of aryl methyl sites for hydroxylation is 1. The number of nitrogens with two attached hydrogens (primary N) is 1. The second-order valence-electron chi connectivity index (χ2n) is 8.79. The minimum atomic E-state index is -1.41. The molecule has 0 aliphatic heterocycles. The number of para-hydroxylation sites is 1. The van der Waals surface area contributed by atoms with Crippen LogP contribution >= 0.6 is 0 Å². The van der Waals surface area contributed by atoms with E-state index in [1.807, 2.05) is 0 Å². The molecule has 2 rings (SSSR count). The quantitative estimate of drug-likeness (QED) is 0.151. The van der Waals surface area contributed by atoms with Crippen LogP contribution in [-0.2, 0) is 25.6 Å². The van der Waals surface area contributed by atoms with Gasteiger partial charge >= 0.3 is 5.97 Å². The average Bonchev–Trinajstić information content (AvgIpc) is 2.93. The van der Waals surface area contributed by atoms with Crippen LogP contribution in [0.3, 0.4) is 0 Å². The predicted octanol–water partition coefficient (Wildman–Crippen LogP) is 1.14. The van der Waals surface area contributed by atoms with E-state index < -0.39 is 46.6 Å². The molecule has 2 aromatic rings. The number of hydrogen-bond donors (Lipinski definition) is 5. The molecule has 0 aromatic heterocycles. The zero-order valence-electron chi connectivity index (χ0n) is 22.6. The van der Waals surface area contributed by atoms with E-state index in [0.717, 1.165) is 0 Å². The minimum absolute atomic E-state index is 0.00481. The number of carboxylic acid groups (broad SMARTS) is 1. The van der Waals surface area contributed by atoms with Crippen LogP contribution < -0.4 is 31.2 Å². The number of carbonyl (C=O) groups excluding carboxylic acids is 4. The number of carbonyl (C=O) groups is 5. The molecule has 0 radical (unpaired) electrons. The van der Waals surface area contributed by atoms with Crippen LogP contribution in [0.2, 0.25) is 0 Å². The molecule has 220 valence electrons. The number of nitro benzene ring substituents is 1. The number of nitro groups is 1. The van der Waals surface area contributed by atoms with E-state index in [2.05, 4.69) is 16.0 Å². The van der Waals surface area contributed by atoms with Gasteiger partial charge in [0.2, 0.25) is 17.7 Å². The van der Waals surface area contributed by atoms with Gasteiger partial charge in [0.05, 0.1) is 30.4 Å². The summed E-state index contributed by atoms with van der Waals surface area (Å²) >= 11 is 0. The molecule has 0 fully saturated rings. The van der Waals surface area contributed by atoms with Gasteiger partial charge in [0.25, 0.3) is 11.6 Å². The number of methoxy groups -OCH3 is 2. The number of ether oxygens (including phenoxy) is 2. The fourth-order valence-corrected chi connectivity index (χ4v) is 3.71. The minimum Gasteiger partial charge on any atom is -0.493 e. The van der Waals surface area contributed by atoms with Crippen molar-refractivity contribution in [2.45, 2.75) is 44.7 Å². The maximum atomic E-state index is 13.2. The van der Waals surface area contributed by atoms with Crippen molar-refractivity contribution in [3.05, 3.63) is 57.6 Å². The van der Waals surface area contributed by atoms with Gasteiger partial charge in [-0.05, 0) is 25.8 Å². The molecule has 0 heterocycles. The van der Waals surface area contributed by atoms with Gasteiger partial charge in [-0.3, -0.25) is 29.3 Å². The number of rotatable bonds is 15. The van der Waals surface area contributed by atoms with Crippen LogP contribution in [0, 0.1) is 10.1 Å². The van der Waals surface area contributed by atoms with E-state index in [9.17, 15) is 39.2 Å². The molecule has 0 saturated carbocycles. The lowest BCUT2D eigenvalue weighted by atomic mass is 10.1. The predicted molar refractivity (Wildman–Crippen MR) is 145 cm³/mol. The van der Waals surface area contributed by atoms with Crippen molar-refractivity contribution in [2.24, 2.45) is 5.73 Å². The fraction of sp³-hybridized carbons (Fsp3) is 0.346. The molecule has 0 saturated heterocycles. The number of carboxylic acids is 1. The topological polar surface area (TPSA) is 229 Å². The molecule has 0 unspecified atom stereocenters. The number of hydrogen-bond acceptors (Lipinski definition) is 9. The van der Waals surface area contributed by atoms with Crippen LogP contribution in [0.15, 0.2) is 36.4 Å². The van der Waals surface area contributed by atoms with Crippen LogP contribution in [0.1, 0.15) is 42.1 Å². The van der Waals surface area contributed by atoms with Crippen LogP contribution in [0.4, 0.5) is 11.4 Å². The fourth-order valence-electron chi connectivity index (χ4n) is 3.71. The summed E-state index contributed by atoms with van der Waals surface area (Å²) in [6, 6.07) is 5.98. The van der Waals surface area contributed by atoms with E-state index in [1.54, 1.807) is 6.07 Å². The Kier molecular flexibility index (Phi) is 11.6. The molecule has 15 heteroatoms. The summed E-state index contributed by atoms with van der Waals surface area (Å²) in [4.78, 5) is 71.7. The van der Waals surface area contributed by atoms with E-state index in [4.69, 9.17) is 15.2 Å². The van der Waals surface area contributed by atoms with Gasteiger partial charge in [-0.2, -0.15) is 0 Å². The molecule has 0 aliphatic carbocycles. The Morgan fingerprint density at radius 3 is 2.24 bits per heavy atom. The summed E-state index contributed by atoms with van der Waals surface area (Å²) < 4.78 is 10.5. The summed E-state index contributed by atoms with van der Waals surface area (Å²) in [5.41, 5.74) is 5.17. The van der Waals surface area contributed by atoms with Crippen molar-refractivity contribution in [1.82, 2.24) is 10.6 Å². The van der Waals surface area contributed by atoms with Crippen molar-refractivity contribution in [1.29, 1.82) is 0 Å². The van der Waals surface area contributed by atoms with Gasteiger partial charge < -0.3 is 36.3 Å². The molecular formula is C26H31N5O10. The summed E-state index contributed by atoms with van der Waals surface area (Å²) in [5.74, 6) is -4.01. The normalized spacial score (nSPS) is 11.9. The Morgan fingerprint density at radius 2 is 1.66 bits per heavy atom. The number of nitrogens with one attached hydrogen (secondary N) is 3. The van der Waals surface area contributed by atoms with Crippen LogP contribution in [0.25, 0.3) is 0 Å². The summed E-state index contributed by atoms with van der Waals surface area (Å²) in [5, 5.41) is 27.8. The molecule has 0 bridgehead atoms. The first-order chi connectivity index (χ1) is 19.4. The van der Waals surface area contributed by atoms with Crippen LogP contribution in [-0.4, -0.2) is 65.9 Å². The Balaban J connectivity index is 2.22. The Morgan fingerprint density at radius 1 is 1.02 bits per heavy atom. The highest BCUT2D eigenvalue weighted by Gasteiger charge is 2.26. The first-order valence-corrected chi connectivity index (χ1v) is 12.3. The lowest BCUT2D eigenvalue weighted by molar-refractivity contribution is -0.385. The standard InChI is InChI=1S/C26H31N5O10/c1-14(24(34)30-17(26(36)37)9-10-22(27)32)28-25(35)16-12-20(40-2)21(41-3)13-18(16)29-23(33)11-8-15-6-4-5-7-19(15)31(38)39/h4-7,12-14,17H,8-11H2,1-3H3,(H2,27,32)(H,28,35)(H,29,33)(H,30,34)(H,36,37)/t14-,17+/m1/s1. The number of primary amides is 1. The van der Waals surface area contributed by atoms with E-state index in [0.29, 0.717) is 5.56 Å². The number of amides is 4. The second kappa shape index (κ2) is 14.8. The molecule has 0 aliphatic rings. The summed E-state index contributed by atoms with van der Waals surface area (Å²) in [6.45, 7) is 1.31. The average molecular weight is 574 g/mol. The Bertz CT molecular complexity index is 1330. The van der Waals surface area contributed by atoms with Crippen molar-refractivity contribution in [2.75, 3.05) is 19.5 Å². The second-order valence-corrected chi connectivity index (χ2v) is 8.79. The highest BCUT2D eigenvalue weighted by atomic mass is 16.6.